The molecule has 0 bridgehead atoms. The van der Waals surface area contributed by atoms with E-state index in [1.165, 1.54) is 0 Å². The number of hydrogen-bond donors (Lipinski definition) is 0. The van der Waals surface area contributed by atoms with Crippen molar-refractivity contribution in [2.24, 2.45) is 5.41 Å². The number of nitrogens with zero attached hydrogens (tertiary/aromatic N) is 3. The second-order valence-electron chi connectivity index (χ2n) is 7.07. The third kappa shape index (κ3) is 2.50. The van der Waals surface area contributed by atoms with E-state index >= 15 is 0 Å². The molecule has 0 N–H and O–H groups in total. The second-order valence-corrected chi connectivity index (χ2v) is 9.04. The molecule has 0 amide bonds. The molecule has 0 radical (unpaired) electrons. The molecule has 0 unspecified atom stereocenters. The van der Waals surface area contributed by atoms with Crippen molar-refractivity contribution in [1.29, 1.82) is 0 Å². The number of fused-ring (bicyclic) bond motifs is 1. The monoisotopic (exact) mass is 331 g/mol. The van der Waals surface area contributed by atoms with Gasteiger partial charge >= 0.3 is 0 Å². The van der Waals surface area contributed by atoms with Gasteiger partial charge in [0, 0.05) is 38.8 Å². The van der Waals surface area contributed by atoms with E-state index in [9.17, 15) is 8.42 Å². The number of benzene rings is 1. The van der Waals surface area contributed by atoms with Crippen LogP contribution >= 0.6 is 0 Å². The van der Waals surface area contributed by atoms with Crippen molar-refractivity contribution >= 4 is 26.6 Å². The summed E-state index contributed by atoms with van der Waals surface area (Å²) in [6.07, 6.45) is 3.91. The normalized spacial score (nSPS) is 21.8. The minimum atomic E-state index is -3.13. The smallest absolute Gasteiger partial charge is 0.215 e. The Balaban J connectivity index is 1.74. The van der Waals surface area contributed by atoms with E-state index in [1.807, 2.05) is 43.4 Å². The summed E-state index contributed by atoms with van der Waals surface area (Å²) in [7, 11) is 0.807. The van der Waals surface area contributed by atoms with Gasteiger partial charge in [0.1, 0.15) is 5.82 Å². The van der Waals surface area contributed by atoms with Gasteiger partial charge in [-0.3, -0.25) is 0 Å². The summed E-state index contributed by atoms with van der Waals surface area (Å²) in [5, 5.41) is 2.14. The number of sulfonamides is 1. The molecule has 2 heterocycles. The minimum absolute atomic E-state index is 0.0473. The molecule has 2 fully saturated rings. The Morgan fingerprint density at radius 3 is 2.52 bits per heavy atom. The number of anilines is 1. The summed E-state index contributed by atoms with van der Waals surface area (Å²) in [6.45, 7) is 1.09. The van der Waals surface area contributed by atoms with Crippen LogP contribution in [-0.4, -0.2) is 44.1 Å². The van der Waals surface area contributed by atoms with Crippen LogP contribution < -0.4 is 4.90 Å². The lowest BCUT2D eigenvalue weighted by Crippen LogP contribution is -2.25. The highest BCUT2D eigenvalue weighted by molar-refractivity contribution is 7.89. The summed E-state index contributed by atoms with van der Waals surface area (Å²) in [5.74, 6) is 1.23. The molecule has 1 aliphatic carbocycles. The molecule has 122 valence electrons. The first-order valence-electron chi connectivity index (χ1n) is 7.92. The number of aromatic nitrogens is 1. The summed E-state index contributed by atoms with van der Waals surface area (Å²) < 4.78 is 26.5. The molecule has 23 heavy (non-hydrogen) atoms. The first-order chi connectivity index (χ1) is 10.9. The van der Waals surface area contributed by atoms with Gasteiger partial charge in [-0.1, -0.05) is 24.3 Å². The molecule has 1 saturated heterocycles. The Morgan fingerprint density at radius 2 is 1.91 bits per heavy atom. The average molecular weight is 331 g/mol. The van der Waals surface area contributed by atoms with Crippen molar-refractivity contribution in [1.82, 2.24) is 9.29 Å². The third-order valence-corrected chi connectivity index (χ3v) is 7.00. The molecule has 6 heteroatoms. The fraction of sp³-hybridized carbons (Fsp3) is 0.471. The van der Waals surface area contributed by atoms with Crippen molar-refractivity contribution in [2.75, 3.05) is 31.3 Å². The molecule has 1 saturated carbocycles. The first-order valence-corrected chi connectivity index (χ1v) is 9.53. The second kappa shape index (κ2) is 4.92. The molecule has 1 spiro atoms. The fourth-order valence-corrected chi connectivity index (χ4v) is 5.68. The van der Waals surface area contributed by atoms with E-state index < -0.39 is 10.0 Å². The lowest BCUT2D eigenvalue weighted by molar-refractivity contribution is 0.390. The highest BCUT2D eigenvalue weighted by atomic mass is 32.2. The van der Waals surface area contributed by atoms with E-state index in [0.29, 0.717) is 18.8 Å². The topological polar surface area (TPSA) is 53.5 Å². The molecule has 4 rings (SSSR count). The quantitative estimate of drug-likeness (QED) is 0.865. The van der Waals surface area contributed by atoms with Crippen LogP contribution in [0, 0.1) is 5.41 Å². The van der Waals surface area contributed by atoms with Crippen LogP contribution in [0.15, 0.2) is 30.5 Å². The Labute approximate surface area is 137 Å². The molecule has 2 aromatic rings. The highest BCUT2D eigenvalue weighted by Gasteiger charge is 2.54. The molecule has 2 aliphatic rings. The Kier molecular flexibility index (Phi) is 3.19. The van der Waals surface area contributed by atoms with E-state index in [-0.39, 0.29) is 5.41 Å². The summed E-state index contributed by atoms with van der Waals surface area (Å²) in [5.41, 5.74) is 1.03. The van der Waals surface area contributed by atoms with E-state index in [1.54, 1.807) is 4.31 Å². The van der Waals surface area contributed by atoms with E-state index in [4.69, 9.17) is 0 Å². The van der Waals surface area contributed by atoms with Crippen molar-refractivity contribution in [3.63, 3.8) is 0 Å². The van der Waals surface area contributed by atoms with Crippen LogP contribution in [0.2, 0.25) is 0 Å². The lowest BCUT2D eigenvalue weighted by Gasteiger charge is -2.19. The molecule has 1 aromatic heterocycles. The number of pyridine rings is 1. The maximum absolute atomic E-state index is 12.4. The predicted molar refractivity (Wildman–Crippen MR) is 91.9 cm³/mol. The van der Waals surface area contributed by atoms with Gasteiger partial charge in [-0.15, -0.1) is 0 Å². The molecule has 5 nitrogen and oxygen atoms in total. The van der Waals surface area contributed by atoms with Crippen molar-refractivity contribution in [3.05, 3.63) is 36.0 Å². The largest absolute Gasteiger partial charge is 0.362 e. The predicted octanol–water partition coefficient (Wildman–Crippen LogP) is 2.23. The van der Waals surface area contributed by atoms with Crippen molar-refractivity contribution in [3.8, 4) is 0 Å². The standard InChI is InChI=1S/C17H21N3O2S/c1-19(2)16-15-6-4-3-5-14(15)13(9-18-16)10-20-11-17(7-8-17)12-23(20,21)22/h3-6,9H,7-8,10-12H2,1-2H3. The van der Waals surface area contributed by atoms with Gasteiger partial charge in [0.15, 0.2) is 0 Å². The van der Waals surface area contributed by atoms with Gasteiger partial charge < -0.3 is 4.90 Å². The Bertz CT molecular complexity index is 873. The number of hydrogen-bond acceptors (Lipinski definition) is 4. The Morgan fingerprint density at radius 1 is 1.22 bits per heavy atom. The summed E-state index contributed by atoms with van der Waals surface area (Å²) >= 11 is 0. The lowest BCUT2D eigenvalue weighted by atomic mass is 10.1. The number of rotatable bonds is 3. The van der Waals surface area contributed by atoms with Crippen molar-refractivity contribution < 1.29 is 8.42 Å². The summed E-state index contributed by atoms with van der Waals surface area (Å²) in [4.78, 5) is 6.54. The van der Waals surface area contributed by atoms with Gasteiger partial charge in [0.25, 0.3) is 0 Å². The zero-order chi connectivity index (χ0) is 16.2. The molecule has 1 aliphatic heterocycles. The van der Waals surface area contributed by atoms with Gasteiger partial charge in [-0.2, -0.15) is 4.31 Å². The molecule has 0 atom stereocenters. The van der Waals surface area contributed by atoms with Crippen LogP contribution in [0.1, 0.15) is 18.4 Å². The SMILES string of the molecule is CN(C)c1ncc(CN2CC3(CC3)CS2(=O)=O)c2ccccc12. The van der Waals surface area contributed by atoms with Crippen LogP contribution in [0.25, 0.3) is 10.8 Å². The van der Waals surface area contributed by atoms with E-state index in [2.05, 4.69) is 11.1 Å². The molecular weight excluding hydrogens is 310 g/mol. The van der Waals surface area contributed by atoms with Crippen LogP contribution in [0.3, 0.4) is 0 Å². The zero-order valence-corrected chi connectivity index (χ0v) is 14.3. The fourth-order valence-electron chi connectivity index (χ4n) is 3.54. The molecule has 1 aromatic carbocycles. The first kappa shape index (κ1) is 14.9. The van der Waals surface area contributed by atoms with Crippen molar-refractivity contribution in [2.45, 2.75) is 19.4 Å². The minimum Gasteiger partial charge on any atom is -0.362 e. The molecular formula is C17H21N3O2S. The average Bonchev–Trinajstić information content (AvgIpc) is 3.19. The maximum Gasteiger partial charge on any atom is 0.215 e. The highest BCUT2D eigenvalue weighted by Crippen LogP contribution is 2.52. The van der Waals surface area contributed by atoms with Gasteiger partial charge in [-0.25, -0.2) is 13.4 Å². The zero-order valence-electron chi connectivity index (χ0n) is 13.5. The van der Waals surface area contributed by atoms with Gasteiger partial charge in [0.2, 0.25) is 10.0 Å². The van der Waals surface area contributed by atoms with Gasteiger partial charge in [-0.05, 0) is 29.2 Å². The summed E-state index contributed by atoms with van der Waals surface area (Å²) in [6, 6.07) is 8.08. The third-order valence-electron chi connectivity index (χ3n) is 4.98. The van der Waals surface area contributed by atoms with E-state index in [0.717, 1.165) is 35.0 Å². The van der Waals surface area contributed by atoms with Crippen LogP contribution in [-0.2, 0) is 16.6 Å². The van der Waals surface area contributed by atoms with Crippen LogP contribution in [0.5, 0.6) is 0 Å². The van der Waals surface area contributed by atoms with Crippen LogP contribution in [0.4, 0.5) is 5.82 Å². The Hall–Kier alpha value is -1.66. The maximum atomic E-state index is 12.4. The van der Waals surface area contributed by atoms with Gasteiger partial charge in [0.05, 0.1) is 5.75 Å².